The molecule has 94 valence electrons. The van der Waals surface area contributed by atoms with E-state index in [0.717, 1.165) is 5.69 Å². The van der Waals surface area contributed by atoms with E-state index in [9.17, 15) is 5.11 Å². The Morgan fingerprint density at radius 3 is 2.95 bits per heavy atom. The molecule has 6 heteroatoms. The van der Waals surface area contributed by atoms with Crippen LogP contribution in [0, 0.1) is 0 Å². The van der Waals surface area contributed by atoms with Gasteiger partial charge in [-0.2, -0.15) is 4.98 Å². The van der Waals surface area contributed by atoms with Gasteiger partial charge in [0.15, 0.2) is 5.82 Å². The first-order chi connectivity index (χ1) is 9.31. The number of aromatic nitrogens is 4. The average molecular weight is 254 g/mol. The van der Waals surface area contributed by atoms with Crippen LogP contribution in [0.1, 0.15) is 11.5 Å². The predicted molar refractivity (Wildman–Crippen MR) is 66.2 cm³/mol. The minimum absolute atomic E-state index is 0.0574. The van der Waals surface area contributed by atoms with Gasteiger partial charge in [-0.15, -0.1) is 0 Å². The zero-order valence-corrected chi connectivity index (χ0v) is 9.89. The molecule has 0 bridgehead atoms. The Labute approximate surface area is 108 Å². The molecule has 3 rings (SSSR count). The van der Waals surface area contributed by atoms with Gasteiger partial charge in [0, 0.05) is 18.1 Å². The van der Waals surface area contributed by atoms with Crippen molar-refractivity contribution in [3.05, 3.63) is 54.4 Å². The Bertz CT molecular complexity index is 682. The molecule has 0 aromatic carbocycles. The number of hydrogen-bond acceptors (Lipinski definition) is 6. The zero-order valence-electron chi connectivity index (χ0n) is 9.89. The van der Waals surface area contributed by atoms with Crippen LogP contribution in [0.4, 0.5) is 0 Å². The van der Waals surface area contributed by atoms with Crippen LogP contribution < -0.4 is 0 Å². The maximum atomic E-state index is 9.35. The van der Waals surface area contributed by atoms with E-state index >= 15 is 0 Å². The van der Waals surface area contributed by atoms with Crippen LogP contribution in [-0.4, -0.2) is 25.2 Å². The number of nitrogens with zero attached hydrogens (tertiary/aromatic N) is 4. The summed E-state index contributed by atoms with van der Waals surface area (Å²) in [5.41, 5.74) is 1.45. The molecule has 0 aliphatic rings. The Kier molecular flexibility index (Phi) is 2.89. The monoisotopic (exact) mass is 254 g/mol. The zero-order chi connectivity index (χ0) is 13.1. The largest absolute Gasteiger partial charge is 0.506 e. The summed E-state index contributed by atoms with van der Waals surface area (Å²) in [6.45, 7) is 0. The van der Waals surface area contributed by atoms with E-state index in [0.29, 0.717) is 23.7 Å². The van der Waals surface area contributed by atoms with Crippen molar-refractivity contribution in [1.29, 1.82) is 0 Å². The Balaban J connectivity index is 1.84. The molecule has 0 saturated carbocycles. The van der Waals surface area contributed by atoms with Crippen molar-refractivity contribution >= 4 is 0 Å². The van der Waals surface area contributed by atoms with Gasteiger partial charge in [0.2, 0.25) is 0 Å². The predicted octanol–water partition coefficient (Wildman–Crippen LogP) is 1.82. The summed E-state index contributed by atoms with van der Waals surface area (Å²) >= 11 is 0. The molecule has 3 aromatic heterocycles. The molecule has 0 fully saturated rings. The third-order valence-corrected chi connectivity index (χ3v) is 2.50. The molecule has 0 unspecified atom stereocenters. The van der Waals surface area contributed by atoms with Gasteiger partial charge in [-0.1, -0.05) is 11.2 Å². The van der Waals surface area contributed by atoms with Gasteiger partial charge in [-0.25, -0.2) is 0 Å². The van der Waals surface area contributed by atoms with Gasteiger partial charge in [0.05, 0.1) is 18.2 Å². The first-order valence-electron chi connectivity index (χ1n) is 5.68. The molecule has 3 aromatic rings. The summed E-state index contributed by atoms with van der Waals surface area (Å²) in [7, 11) is 0. The number of rotatable bonds is 3. The van der Waals surface area contributed by atoms with Gasteiger partial charge in [-0.05, 0) is 18.2 Å². The van der Waals surface area contributed by atoms with Crippen LogP contribution in [0.25, 0.3) is 11.5 Å². The van der Waals surface area contributed by atoms with Gasteiger partial charge in [-0.3, -0.25) is 9.97 Å². The van der Waals surface area contributed by atoms with Crippen LogP contribution in [0.2, 0.25) is 0 Å². The van der Waals surface area contributed by atoms with Crippen molar-refractivity contribution in [3.8, 4) is 17.2 Å². The van der Waals surface area contributed by atoms with E-state index in [-0.39, 0.29) is 5.75 Å². The van der Waals surface area contributed by atoms with E-state index in [1.807, 2.05) is 18.2 Å². The van der Waals surface area contributed by atoms with Crippen molar-refractivity contribution < 1.29 is 9.63 Å². The first-order valence-corrected chi connectivity index (χ1v) is 5.68. The number of aromatic hydroxyl groups is 1. The van der Waals surface area contributed by atoms with E-state index in [1.54, 1.807) is 12.4 Å². The van der Waals surface area contributed by atoms with Crippen molar-refractivity contribution in [2.24, 2.45) is 0 Å². The SMILES string of the molecule is Oc1cncc(-c2nc(Cc3ccccn3)no2)c1. The third kappa shape index (κ3) is 2.57. The van der Waals surface area contributed by atoms with E-state index in [2.05, 4.69) is 20.1 Å². The van der Waals surface area contributed by atoms with Gasteiger partial charge in [0.25, 0.3) is 5.89 Å². The fourth-order valence-corrected chi connectivity index (χ4v) is 1.65. The van der Waals surface area contributed by atoms with Crippen LogP contribution in [0.5, 0.6) is 5.75 Å². The second kappa shape index (κ2) is 4.85. The summed E-state index contributed by atoms with van der Waals surface area (Å²) in [5.74, 6) is 0.924. The maximum Gasteiger partial charge on any atom is 0.259 e. The van der Waals surface area contributed by atoms with Crippen molar-refractivity contribution in [1.82, 2.24) is 20.1 Å². The van der Waals surface area contributed by atoms with Crippen LogP contribution in [-0.2, 0) is 6.42 Å². The average Bonchev–Trinajstić information content (AvgIpc) is 2.88. The lowest BCUT2D eigenvalue weighted by molar-refractivity contribution is 0.422. The molecule has 0 radical (unpaired) electrons. The Hall–Kier alpha value is -2.76. The van der Waals surface area contributed by atoms with Crippen molar-refractivity contribution in [2.75, 3.05) is 0 Å². The molecule has 1 N–H and O–H groups in total. The topological polar surface area (TPSA) is 84.9 Å². The van der Waals surface area contributed by atoms with Gasteiger partial charge >= 0.3 is 0 Å². The lowest BCUT2D eigenvalue weighted by atomic mass is 10.2. The molecular formula is C13H10N4O2. The van der Waals surface area contributed by atoms with Gasteiger partial charge in [0.1, 0.15) is 5.75 Å². The minimum atomic E-state index is 0.0574. The fourth-order valence-electron chi connectivity index (χ4n) is 1.65. The van der Waals surface area contributed by atoms with Crippen LogP contribution in [0.3, 0.4) is 0 Å². The first kappa shape index (κ1) is 11.3. The standard InChI is InChI=1S/C13H10N4O2/c18-11-5-9(7-14-8-11)13-16-12(17-19-13)6-10-3-1-2-4-15-10/h1-5,7-8,18H,6H2. The summed E-state index contributed by atoms with van der Waals surface area (Å²) in [6.07, 6.45) is 5.11. The third-order valence-electron chi connectivity index (χ3n) is 2.50. The van der Waals surface area contributed by atoms with Gasteiger partial charge < -0.3 is 9.63 Å². The normalized spacial score (nSPS) is 10.5. The second-order valence-electron chi connectivity index (χ2n) is 3.95. The summed E-state index contributed by atoms with van der Waals surface area (Å²) < 4.78 is 5.14. The highest BCUT2D eigenvalue weighted by molar-refractivity contribution is 5.53. The fraction of sp³-hybridized carbons (Fsp3) is 0.0769. The highest BCUT2D eigenvalue weighted by atomic mass is 16.5. The molecule has 0 spiro atoms. The molecule has 0 saturated heterocycles. The molecule has 19 heavy (non-hydrogen) atoms. The Morgan fingerprint density at radius 1 is 1.21 bits per heavy atom. The lowest BCUT2D eigenvalue weighted by Crippen LogP contribution is -1.93. The summed E-state index contributed by atoms with van der Waals surface area (Å²) in [4.78, 5) is 12.3. The summed E-state index contributed by atoms with van der Waals surface area (Å²) in [5, 5.41) is 13.2. The molecule has 0 aliphatic heterocycles. The van der Waals surface area contributed by atoms with E-state index in [1.165, 1.54) is 12.3 Å². The number of pyridine rings is 2. The van der Waals surface area contributed by atoms with E-state index in [4.69, 9.17) is 4.52 Å². The molecular weight excluding hydrogens is 244 g/mol. The van der Waals surface area contributed by atoms with Crippen molar-refractivity contribution in [2.45, 2.75) is 6.42 Å². The van der Waals surface area contributed by atoms with Crippen LogP contribution >= 0.6 is 0 Å². The van der Waals surface area contributed by atoms with Crippen molar-refractivity contribution in [3.63, 3.8) is 0 Å². The molecule has 0 amide bonds. The maximum absolute atomic E-state index is 9.35. The highest BCUT2D eigenvalue weighted by Crippen LogP contribution is 2.20. The quantitative estimate of drug-likeness (QED) is 0.767. The summed E-state index contributed by atoms with van der Waals surface area (Å²) in [6, 6.07) is 7.17. The highest BCUT2D eigenvalue weighted by Gasteiger charge is 2.10. The van der Waals surface area contributed by atoms with Crippen LogP contribution in [0.15, 0.2) is 47.4 Å². The lowest BCUT2D eigenvalue weighted by Gasteiger charge is -1.94. The Morgan fingerprint density at radius 2 is 2.16 bits per heavy atom. The minimum Gasteiger partial charge on any atom is -0.506 e. The van der Waals surface area contributed by atoms with E-state index < -0.39 is 0 Å². The molecule has 0 aliphatic carbocycles. The molecule has 6 nitrogen and oxygen atoms in total. The second-order valence-corrected chi connectivity index (χ2v) is 3.95. The molecule has 0 atom stereocenters. The molecule has 3 heterocycles. The smallest absolute Gasteiger partial charge is 0.259 e. The number of hydrogen-bond donors (Lipinski definition) is 1.